The maximum atomic E-state index is 4.33. The Hall–Kier alpha value is -1.68. The molecule has 0 aliphatic carbocycles. The summed E-state index contributed by atoms with van der Waals surface area (Å²) in [6.07, 6.45) is 7.58. The van der Waals surface area contributed by atoms with Gasteiger partial charge in [0.05, 0.1) is 6.54 Å². The van der Waals surface area contributed by atoms with Crippen LogP contribution in [0.1, 0.15) is 23.9 Å². The van der Waals surface area contributed by atoms with E-state index in [-0.39, 0.29) is 0 Å². The minimum absolute atomic E-state index is 0.787. The second kappa shape index (κ2) is 5.59. The number of nitrogens with one attached hydrogen (secondary N) is 1. The fourth-order valence-electron chi connectivity index (χ4n) is 1.79. The third kappa shape index (κ3) is 2.91. The Morgan fingerprint density at radius 1 is 1.29 bits per heavy atom. The summed E-state index contributed by atoms with van der Waals surface area (Å²) in [5.41, 5.74) is 2.51. The van der Waals surface area contributed by atoms with Crippen molar-refractivity contribution in [2.45, 2.75) is 33.5 Å². The van der Waals surface area contributed by atoms with Gasteiger partial charge in [0, 0.05) is 37.9 Å². The van der Waals surface area contributed by atoms with Gasteiger partial charge in [-0.05, 0) is 31.0 Å². The van der Waals surface area contributed by atoms with E-state index >= 15 is 0 Å². The molecule has 0 saturated carbocycles. The van der Waals surface area contributed by atoms with Gasteiger partial charge in [0.1, 0.15) is 5.82 Å². The Bertz CT molecular complexity index is 476. The largest absolute Gasteiger partial charge is 0.334 e. The van der Waals surface area contributed by atoms with Crippen molar-refractivity contribution in [3.63, 3.8) is 0 Å². The summed E-state index contributed by atoms with van der Waals surface area (Å²) < 4.78 is 2.14. The maximum absolute atomic E-state index is 4.33. The molecule has 2 aromatic heterocycles. The van der Waals surface area contributed by atoms with Crippen LogP contribution in [0.15, 0.2) is 30.9 Å². The molecule has 2 heterocycles. The average molecular weight is 230 g/mol. The molecular weight excluding hydrogens is 212 g/mol. The van der Waals surface area contributed by atoms with Gasteiger partial charge in [-0.1, -0.05) is 0 Å². The second-order valence-corrected chi connectivity index (χ2v) is 4.04. The van der Waals surface area contributed by atoms with Crippen molar-refractivity contribution >= 4 is 0 Å². The lowest BCUT2D eigenvalue weighted by molar-refractivity contribution is 0.611. The number of rotatable bonds is 5. The van der Waals surface area contributed by atoms with Gasteiger partial charge in [-0.3, -0.25) is 4.98 Å². The summed E-state index contributed by atoms with van der Waals surface area (Å²) in [7, 11) is 0. The standard InChI is InChI=1S/C13H18N4/c1-3-17-7-6-16-13(17)10-15-9-12-8-14-5-4-11(12)2/h4-8,15H,3,9-10H2,1-2H3. The molecule has 0 aliphatic heterocycles. The van der Waals surface area contributed by atoms with E-state index in [1.54, 1.807) is 0 Å². The Morgan fingerprint density at radius 3 is 2.94 bits per heavy atom. The molecule has 0 atom stereocenters. The molecule has 0 aliphatic rings. The molecule has 0 unspecified atom stereocenters. The molecule has 0 amide bonds. The van der Waals surface area contributed by atoms with E-state index in [1.165, 1.54) is 11.1 Å². The lowest BCUT2D eigenvalue weighted by Crippen LogP contribution is -2.17. The second-order valence-electron chi connectivity index (χ2n) is 4.04. The molecule has 0 fully saturated rings. The molecule has 17 heavy (non-hydrogen) atoms. The van der Waals surface area contributed by atoms with Crippen LogP contribution in [-0.4, -0.2) is 14.5 Å². The molecule has 0 saturated heterocycles. The van der Waals surface area contributed by atoms with Gasteiger partial charge in [-0.15, -0.1) is 0 Å². The molecule has 0 radical (unpaired) electrons. The predicted octanol–water partition coefficient (Wildman–Crippen LogP) is 1.90. The monoisotopic (exact) mass is 230 g/mol. The first kappa shape index (κ1) is 11.8. The van der Waals surface area contributed by atoms with Crippen LogP contribution in [0, 0.1) is 6.92 Å². The van der Waals surface area contributed by atoms with Crippen LogP contribution in [0.4, 0.5) is 0 Å². The normalized spacial score (nSPS) is 10.7. The Balaban J connectivity index is 1.90. The average Bonchev–Trinajstić information content (AvgIpc) is 2.79. The molecule has 2 aromatic rings. The third-order valence-electron chi connectivity index (χ3n) is 2.89. The SMILES string of the molecule is CCn1ccnc1CNCc1cnccc1C. The van der Waals surface area contributed by atoms with Gasteiger partial charge in [0.2, 0.25) is 0 Å². The number of pyridine rings is 1. The zero-order valence-corrected chi connectivity index (χ0v) is 10.3. The Kier molecular flexibility index (Phi) is 3.88. The highest BCUT2D eigenvalue weighted by Gasteiger charge is 2.01. The fourth-order valence-corrected chi connectivity index (χ4v) is 1.79. The molecular formula is C13H18N4. The summed E-state index contributed by atoms with van der Waals surface area (Å²) in [5, 5.41) is 3.40. The molecule has 4 nitrogen and oxygen atoms in total. The quantitative estimate of drug-likeness (QED) is 0.853. The van der Waals surface area contributed by atoms with Crippen LogP contribution < -0.4 is 5.32 Å². The van der Waals surface area contributed by atoms with E-state index in [0.29, 0.717) is 0 Å². The topological polar surface area (TPSA) is 42.7 Å². The fraction of sp³-hybridized carbons (Fsp3) is 0.385. The first-order valence-corrected chi connectivity index (χ1v) is 5.91. The molecule has 0 spiro atoms. The van der Waals surface area contributed by atoms with Crippen LogP contribution in [-0.2, 0) is 19.6 Å². The van der Waals surface area contributed by atoms with Crippen molar-refractivity contribution in [3.8, 4) is 0 Å². The number of hydrogen-bond donors (Lipinski definition) is 1. The molecule has 0 aromatic carbocycles. The summed E-state index contributed by atoms with van der Waals surface area (Å²) >= 11 is 0. The van der Waals surface area contributed by atoms with Crippen molar-refractivity contribution in [1.29, 1.82) is 0 Å². The highest BCUT2D eigenvalue weighted by atomic mass is 15.1. The van der Waals surface area contributed by atoms with Crippen molar-refractivity contribution in [1.82, 2.24) is 19.9 Å². The van der Waals surface area contributed by atoms with E-state index in [1.807, 2.05) is 30.9 Å². The Morgan fingerprint density at radius 2 is 2.18 bits per heavy atom. The highest BCUT2D eigenvalue weighted by molar-refractivity contribution is 5.21. The molecule has 90 valence electrons. The van der Waals surface area contributed by atoms with Gasteiger partial charge in [-0.2, -0.15) is 0 Å². The lowest BCUT2D eigenvalue weighted by Gasteiger charge is -2.08. The van der Waals surface area contributed by atoms with Gasteiger partial charge in [0.15, 0.2) is 0 Å². The van der Waals surface area contributed by atoms with E-state index in [2.05, 4.69) is 33.7 Å². The lowest BCUT2D eigenvalue weighted by atomic mass is 10.1. The molecule has 1 N–H and O–H groups in total. The van der Waals surface area contributed by atoms with Crippen LogP contribution in [0.2, 0.25) is 0 Å². The molecule has 2 rings (SSSR count). The number of hydrogen-bond acceptors (Lipinski definition) is 3. The predicted molar refractivity (Wildman–Crippen MR) is 67.4 cm³/mol. The van der Waals surface area contributed by atoms with E-state index in [9.17, 15) is 0 Å². The summed E-state index contributed by atoms with van der Waals surface area (Å²) in [4.78, 5) is 8.46. The van der Waals surface area contributed by atoms with Crippen LogP contribution in [0.25, 0.3) is 0 Å². The van der Waals surface area contributed by atoms with Crippen molar-refractivity contribution in [2.24, 2.45) is 0 Å². The minimum atomic E-state index is 0.787. The van der Waals surface area contributed by atoms with Gasteiger partial charge < -0.3 is 9.88 Å². The summed E-state index contributed by atoms with van der Waals surface area (Å²) in [6, 6.07) is 2.03. The molecule has 4 heteroatoms. The van der Waals surface area contributed by atoms with Crippen molar-refractivity contribution in [3.05, 3.63) is 47.8 Å². The number of aryl methyl sites for hydroxylation is 2. The number of imidazole rings is 1. The summed E-state index contributed by atoms with van der Waals surface area (Å²) in [6.45, 7) is 6.80. The first-order chi connectivity index (χ1) is 8.31. The zero-order valence-electron chi connectivity index (χ0n) is 10.3. The maximum Gasteiger partial charge on any atom is 0.122 e. The van der Waals surface area contributed by atoms with Crippen LogP contribution in [0.3, 0.4) is 0 Å². The van der Waals surface area contributed by atoms with Gasteiger partial charge in [-0.25, -0.2) is 4.98 Å². The Labute approximate surface area is 102 Å². The van der Waals surface area contributed by atoms with Gasteiger partial charge >= 0.3 is 0 Å². The third-order valence-corrected chi connectivity index (χ3v) is 2.89. The van der Waals surface area contributed by atoms with Crippen LogP contribution >= 0.6 is 0 Å². The smallest absolute Gasteiger partial charge is 0.122 e. The van der Waals surface area contributed by atoms with E-state index in [4.69, 9.17) is 0 Å². The number of aromatic nitrogens is 3. The van der Waals surface area contributed by atoms with E-state index < -0.39 is 0 Å². The first-order valence-electron chi connectivity index (χ1n) is 5.91. The summed E-state index contributed by atoms with van der Waals surface area (Å²) in [5.74, 6) is 1.08. The van der Waals surface area contributed by atoms with E-state index in [0.717, 1.165) is 25.5 Å². The van der Waals surface area contributed by atoms with Gasteiger partial charge in [0.25, 0.3) is 0 Å². The van der Waals surface area contributed by atoms with Crippen molar-refractivity contribution < 1.29 is 0 Å². The zero-order chi connectivity index (χ0) is 12.1. The number of nitrogens with zero attached hydrogens (tertiary/aromatic N) is 3. The highest BCUT2D eigenvalue weighted by Crippen LogP contribution is 2.04. The minimum Gasteiger partial charge on any atom is -0.334 e. The van der Waals surface area contributed by atoms with Crippen molar-refractivity contribution in [2.75, 3.05) is 0 Å². The van der Waals surface area contributed by atoms with Crippen LogP contribution in [0.5, 0.6) is 0 Å². The molecule has 0 bridgehead atoms.